The number of imidazole rings is 1. The van der Waals surface area contributed by atoms with E-state index in [0.29, 0.717) is 5.82 Å². The molecule has 6 heteroatoms. The fraction of sp³-hybridized carbons (Fsp3) is 0.333. The van der Waals surface area contributed by atoms with E-state index < -0.39 is 0 Å². The molecule has 1 N–H and O–H groups in total. The predicted octanol–water partition coefficient (Wildman–Crippen LogP) is 3.53. The van der Waals surface area contributed by atoms with Crippen molar-refractivity contribution in [2.45, 2.75) is 32.7 Å². The lowest BCUT2D eigenvalue weighted by atomic mass is 10.1. The van der Waals surface area contributed by atoms with E-state index in [9.17, 15) is 0 Å². The lowest BCUT2D eigenvalue weighted by molar-refractivity contribution is 0.611. The quantitative estimate of drug-likeness (QED) is 0.752. The van der Waals surface area contributed by atoms with Gasteiger partial charge in [0.25, 0.3) is 0 Å². The van der Waals surface area contributed by atoms with Gasteiger partial charge in [-0.15, -0.1) is 0 Å². The van der Waals surface area contributed by atoms with E-state index in [-0.39, 0.29) is 6.04 Å². The molecule has 0 aliphatic heterocycles. The van der Waals surface area contributed by atoms with Crippen molar-refractivity contribution in [3.8, 4) is 11.4 Å². The summed E-state index contributed by atoms with van der Waals surface area (Å²) in [5.74, 6) is 2.50. The van der Waals surface area contributed by atoms with Gasteiger partial charge in [-0.2, -0.15) is 0 Å². The molecule has 124 valence electrons. The first-order chi connectivity index (χ1) is 11.7. The van der Waals surface area contributed by atoms with E-state index in [1.165, 1.54) is 0 Å². The largest absolute Gasteiger partial charge is 0.360 e. The minimum atomic E-state index is 0.117. The first-order valence-electron chi connectivity index (χ1n) is 8.17. The normalized spacial score (nSPS) is 12.1. The van der Waals surface area contributed by atoms with Crippen molar-refractivity contribution in [1.29, 1.82) is 0 Å². The third kappa shape index (κ3) is 3.59. The highest BCUT2D eigenvalue weighted by Gasteiger charge is 2.16. The highest BCUT2D eigenvalue weighted by molar-refractivity contribution is 5.56. The van der Waals surface area contributed by atoms with E-state index in [0.717, 1.165) is 35.7 Å². The molecular formula is C18H22N6. The molecule has 3 aromatic heterocycles. The molecule has 24 heavy (non-hydrogen) atoms. The molecule has 1 unspecified atom stereocenters. The third-order valence-corrected chi connectivity index (χ3v) is 3.84. The van der Waals surface area contributed by atoms with Crippen molar-refractivity contribution >= 4 is 5.82 Å². The van der Waals surface area contributed by atoms with Crippen LogP contribution in [-0.2, 0) is 7.05 Å². The van der Waals surface area contributed by atoms with Crippen LogP contribution in [0.5, 0.6) is 0 Å². The summed E-state index contributed by atoms with van der Waals surface area (Å²) >= 11 is 0. The molecule has 3 heterocycles. The number of rotatable bonds is 6. The van der Waals surface area contributed by atoms with Crippen LogP contribution in [0.3, 0.4) is 0 Å². The second-order valence-electron chi connectivity index (χ2n) is 5.84. The molecule has 3 rings (SSSR count). The van der Waals surface area contributed by atoms with Crippen molar-refractivity contribution < 1.29 is 0 Å². The van der Waals surface area contributed by atoms with Gasteiger partial charge in [0.15, 0.2) is 5.82 Å². The summed E-state index contributed by atoms with van der Waals surface area (Å²) in [4.78, 5) is 17.8. The molecule has 0 spiro atoms. The molecular weight excluding hydrogens is 300 g/mol. The Kier molecular flexibility index (Phi) is 4.84. The number of hydrogen-bond acceptors (Lipinski definition) is 5. The van der Waals surface area contributed by atoms with Crippen LogP contribution in [0.25, 0.3) is 11.4 Å². The van der Waals surface area contributed by atoms with Crippen LogP contribution in [0.15, 0.2) is 43.0 Å². The Labute approximate surface area is 142 Å². The van der Waals surface area contributed by atoms with Gasteiger partial charge in [-0.3, -0.25) is 4.98 Å². The Balaban J connectivity index is 1.91. The summed E-state index contributed by atoms with van der Waals surface area (Å²) in [6.07, 6.45) is 9.36. The molecule has 0 aliphatic carbocycles. The van der Waals surface area contributed by atoms with E-state index in [4.69, 9.17) is 0 Å². The van der Waals surface area contributed by atoms with Crippen molar-refractivity contribution in [2.24, 2.45) is 7.05 Å². The summed E-state index contributed by atoms with van der Waals surface area (Å²) in [5.41, 5.74) is 1.83. The van der Waals surface area contributed by atoms with Gasteiger partial charge in [-0.25, -0.2) is 15.0 Å². The average Bonchev–Trinajstić information content (AvgIpc) is 3.01. The standard InChI is InChI=1S/C18H22N6/c1-4-6-15(18-20-9-10-24(18)3)22-16-11-13(2)21-17(23-16)14-7-5-8-19-12-14/h5,7-12,15H,4,6H2,1-3H3,(H,21,22,23). The van der Waals surface area contributed by atoms with E-state index in [1.54, 1.807) is 12.4 Å². The SMILES string of the molecule is CCCC(Nc1cc(C)nc(-c2cccnc2)n1)c1nccn1C. The predicted molar refractivity (Wildman–Crippen MR) is 94.5 cm³/mol. The zero-order valence-electron chi connectivity index (χ0n) is 14.3. The monoisotopic (exact) mass is 322 g/mol. The Hall–Kier alpha value is -2.76. The van der Waals surface area contributed by atoms with Crippen LogP contribution in [0.4, 0.5) is 5.82 Å². The number of hydrogen-bond donors (Lipinski definition) is 1. The van der Waals surface area contributed by atoms with Gasteiger partial charge >= 0.3 is 0 Å². The molecule has 0 saturated carbocycles. The van der Waals surface area contributed by atoms with Crippen molar-refractivity contribution in [1.82, 2.24) is 24.5 Å². The van der Waals surface area contributed by atoms with Gasteiger partial charge < -0.3 is 9.88 Å². The molecule has 0 bridgehead atoms. The van der Waals surface area contributed by atoms with Gasteiger partial charge in [0, 0.05) is 49.2 Å². The molecule has 3 aromatic rings. The Bertz CT molecular complexity index is 796. The van der Waals surface area contributed by atoms with Crippen molar-refractivity contribution in [3.05, 3.63) is 54.5 Å². The number of aryl methyl sites for hydroxylation is 2. The molecule has 0 saturated heterocycles. The maximum Gasteiger partial charge on any atom is 0.163 e. The van der Waals surface area contributed by atoms with E-state index in [1.807, 2.05) is 49.1 Å². The highest BCUT2D eigenvalue weighted by Crippen LogP contribution is 2.23. The molecule has 6 nitrogen and oxygen atoms in total. The fourth-order valence-electron chi connectivity index (χ4n) is 2.71. The topological polar surface area (TPSA) is 68.5 Å². The van der Waals surface area contributed by atoms with Crippen molar-refractivity contribution in [2.75, 3.05) is 5.32 Å². The summed E-state index contributed by atoms with van der Waals surface area (Å²) in [6.45, 7) is 4.15. The van der Waals surface area contributed by atoms with Crippen molar-refractivity contribution in [3.63, 3.8) is 0 Å². The van der Waals surface area contributed by atoms with Crippen LogP contribution in [0.1, 0.15) is 37.3 Å². The first kappa shape index (κ1) is 16.1. The van der Waals surface area contributed by atoms with Crippen LogP contribution in [0.2, 0.25) is 0 Å². The lowest BCUT2D eigenvalue weighted by Gasteiger charge is -2.19. The number of aromatic nitrogens is 5. The number of nitrogens with zero attached hydrogens (tertiary/aromatic N) is 5. The summed E-state index contributed by atoms with van der Waals surface area (Å²) < 4.78 is 2.05. The van der Waals surface area contributed by atoms with Gasteiger partial charge in [0.05, 0.1) is 6.04 Å². The Morgan fingerprint density at radius 1 is 1.25 bits per heavy atom. The molecule has 0 aromatic carbocycles. The Morgan fingerprint density at radius 3 is 2.79 bits per heavy atom. The average molecular weight is 322 g/mol. The number of pyridine rings is 1. The molecule has 0 aliphatic rings. The first-order valence-corrected chi connectivity index (χ1v) is 8.17. The molecule has 1 atom stereocenters. The van der Waals surface area contributed by atoms with E-state index >= 15 is 0 Å². The summed E-state index contributed by atoms with van der Waals surface area (Å²) in [7, 11) is 2.01. The minimum Gasteiger partial charge on any atom is -0.360 e. The Morgan fingerprint density at radius 2 is 2.12 bits per heavy atom. The van der Waals surface area contributed by atoms with Gasteiger partial charge in [0.2, 0.25) is 0 Å². The third-order valence-electron chi connectivity index (χ3n) is 3.84. The second-order valence-corrected chi connectivity index (χ2v) is 5.84. The zero-order chi connectivity index (χ0) is 16.9. The number of nitrogens with one attached hydrogen (secondary N) is 1. The van der Waals surface area contributed by atoms with Crippen LogP contribution in [0, 0.1) is 6.92 Å². The van der Waals surface area contributed by atoms with Crippen LogP contribution >= 0.6 is 0 Å². The second kappa shape index (κ2) is 7.21. The smallest absolute Gasteiger partial charge is 0.163 e. The highest BCUT2D eigenvalue weighted by atomic mass is 15.1. The fourth-order valence-corrected chi connectivity index (χ4v) is 2.71. The molecule has 0 radical (unpaired) electrons. The lowest BCUT2D eigenvalue weighted by Crippen LogP contribution is -2.16. The number of anilines is 1. The van der Waals surface area contributed by atoms with Crippen LogP contribution in [-0.4, -0.2) is 24.5 Å². The summed E-state index contributed by atoms with van der Waals surface area (Å²) in [5, 5.41) is 3.52. The van der Waals surface area contributed by atoms with Crippen LogP contribution < -0.4 is 5.32 Å². The maximum absolute atomic E-state index is 4.67. The molecule has 0 amide bonds. The zero-order valence-corrected chi connectivity index (χ0v) is 14.3. The minimum absolute atomic E-state index is 0.117. The summed E-state index contributed by atoms with van der Waals surface area (Å²) in [6, 6.07) is 5.94. The maximum atomic E-state index is 4.67. The van der Waals surface area contributed by atoms with Gasteiger partial charge in [-0.1, -0.05) is 13.3 Å². The van der Waals surface area contributed by atoms with E-state index in [2.05, 4.69) is 32.2 Å². The van der Waals surface area contributed by atoms with Gasteiger partial charge in [0.1, 0.15) is 11.6 Å². The molecule has 0 fully saturated rings. The van der Waals surface area contributed by atoms with Gasteiger partial charge in [-0.05, 0) is 25.5 Å².